The van der Waals surface area contributed by atoms with Gasteiger partial charge in [-0.25, -0.2) is 4.98 Å². The van der Waals surface area contributed by atoms with Crippen molar-refractivity contribution in [2.24, 2.45) is 0 Å². The van der Waals surface area contributed by atoms with Crippen molar-refractivity contribution in [3.63, 3.8) is 0 Å². The van der Waals surface area contributed by atoms with Crippen LogP contribution in [-0.4, -0.2) is 71.3 Å². The Morgan fingerprint density at radius 1 is 1.32 bits per heavy atom. The van der Waals surface area contributed by atoms with E-state index in [9.17, 15) is 4.79 Å². The van der Waals surface area contributed by atoms with Crippen molar-refractivity contribution in [1.29, 1.82) is 0 Å². The molecule has 7 nitrogen and oxygen atoms in total. The molecule has 28 heavy (non-hydrogen) atoms. The third kappa shape index (κ3) is 4.74. The maximum atomic E-state index is 13.1. The number of hydrogen-bond donors (Lipinski definition) is 0. The van der Waals surface area contributed by atoms with Gasteiger partial charge in [-0.1, -0.05) is 16.9 Å². The van der Waals surface area contributed by atoms with Gasteiger partial charge in [-0.3, -0.25) is 9.69 Å². The highest BCUT2D eigenvalue weighted by molar-refractivity contribution is 7.98. The van der Waals surface area contributed by atoms with Gasteiger partial charge in [0.1, 0.15) is 10.8 Å². The van der Waals surface area contributed by atoms with Gasteiger partial charge in [0.05, 0.1) is 17.4 Å². The lowest BCUT2D eigenvalue weighted by molar-refractivity contribution is 0.0430. The summed E-state index contributed by atoms with van der Waals surface area (Å²) in [5.74, 6) is 1.47. The van der Waals surface area contributed by atoms with Gasteiger partial charge in [0.25, 0.3) is 5.91 Å². The Balaban J connectivity index is 1.34. The van der Waals surface area contributed by atoms with Gasteiger partial charge in [0, 0.05) is 57.3 Å². The van der Waals surface area contributed by atoms with Crippen molar-refractivity contribution in [3.8, 4) is 0 Å². The highest BCUT2D eigenvalue weighted by Crippen LogP contribution is 2.25. The van der Waals surface area contributed by atoms with Crippen LogP contribution in [0.25, 0.3) is 0 Å². The molecule has 2 aromatic heterocycles. The molecule has 0 N–H and O–H groups in total. The average molecular weight is 403 g/mol. The number of thioether (sulfide) groups is 1. The summed E-state index contributed by atoms with van der Waals surface area (Å²) in [4.78, 5) is 21.9. The van der Waals surface area contributed by atoms with E-state index in [0.29, 0.717) is 17.4 Å². The summed E-state index contributed by atoms with van der Waals surface area (Å²) in [7, 11) is 0. The zero-order valence-corrected chi connectivity index (χ0v) is 17.0. The van der Waals surface area contributed by atoms with Crippen molar-refractivity contribution in [1.82, 2.24) is 19.9 Å². The first-order chi connectivity index (χ1) is 13.7. The SMILES string of the molecule is Cc1cc(CSc2ncccc2C(=O)N2CCN(CC3CCCO3)CC2)no1. The fourth-order valence-corrected chi connectivity index (χ4v) is 4.54. The molecule has 0 aromatic carbocycles. The number of hydrogen-bond acceptors (Lipinski definition) is 7. The molecule has 150 valence electrons. The first-order valence-electron chi connectivity index (χ1n) is 9.82. The summed E-state index contributed by atoms with van der Waals surface area (Å²) in [5, 5.41) is 4.76. The third-order valence-electron chi connectivity index (χ3n) is 5.18. The van der Waals surface area contributed by atoms with Crippen molar-refractivity contribution >= 4 is 17.7 Å². The van der Waals surface area contributed by atoms with Gasteiger partial charge in [-0.15, -0.1) is 0 Å². The van der Waals surface area contributed by atoms with Gasteiger partial charge < -0.3 is 14.2 Å². The number of rotatable bonds is 6. The van der Waals surface area contributed by atoms with E-state index in [0.717, 1.165) is 62.2 Å². The van der Waals surface area contributed by atoms with E-state index in [1.807, 2.05) is 30.0 Å². The van der Waals surface area contributed by atoms with Crippen LogP contribution >= 0.6 is 11.8 Å². The minimum absolute atomic E-state index is 0.0590. The summed E-state index contributed by atoms with van der Waals surface area (Å²) in [6.07, 6.45) is 4.41. The van der Waals surface area contributed by atoms with Gasteiger partial charge in [0.15, 0.2) is 0 Å². The lowest BCUT2D eigenvalue weighted by atomic mass is 10.2. The second kappa shape index (κ2) is 9.07. The van der Waals surface area contributed by atoms with Gasteiger partial charge in [0.2, 0.25) is 0 Å². The fraction of sp³-hybridized carbons (Fsp3) is 0.550. The number of carbonyl (C=O) groups excluding carboxylic acids is 1. The molecule has 1 unspecified atom stereocenters. The number of pyridine rings is 1. The molecule has 0 radical (unpaired) electrons. The van der Waals surface area contributed by atoms with Crippen LogP contribution in [0.3, 0.4) is 0 Å². The van der Waals surface area contributed by atoms with E-state index in [4.69, 9.17) is 9.26 Å². The molecule has 0 saturated carbocycles. The van der Waals surface area contributed by atoms with Crippen molar-refractivity contribution in [3.05, 3.63) is 41.4 Å². The number of ether oxygens (including phenoxy) is 1. The Kier molecular flexibility index (Phi) is 6.29. The predicted molar refractivity (Wildman–Crippen MR) is 106 cm³/mol. The molecule has 0 bridgehead atoms. The second-order valence-corrected chi connectivity index (χ2v) is 8.27. The molecule has 0 aliphatic carbocycles. The molecule has 4 rings (SSSR count). The molecular weight excluding hydrogens is 376 g/mol. The zero-order valence-electron chi connectivity index (χ0n) is 16.2. The molecule has 2 fully saturated rings. The van der Waals surface area contributed by atoms with Crippen LogP contribution in [0.5, 0.6) is 0 Å². The molecule has 1 amide bonds. The lowest BCUT2D eigenvalue weighted by Crippen LogP contribution is -2.50. The van der Waals surface area contributed by atoms with E-state index < -0.39 is 0 Å². The highest BCUT2D eigenvalue weighted by atomic mass is 32.2. The quantitative estimate of drug-likeness (QED) is 0.688. The molecule has 8 heteroatoms. The van der Waals surface area contributed by atoms with Crippen molar-refractivity contribution < 1.29 is 14.1 Å². The van der Waals surface area contributed by atoms with Crippen molar-refractivity contribution in [2.75, 3.05) is 39.3 Å². The highest BCUT2D eigenvalue weighted by Gasteiger charge is 2.26. The number of aromatic nitrogens is 2. The summed E-state index contributed by atoms with van der Waals surface area (Å²) >= 11 is 1.52. The van der Waals surface area contributed by atoms with E-state index in [1.54, 1.807) is 6.20 Å². The first-order valence-corrected chi connectivity index (χ1v) is 10.8. The number of nitrogens with zero attached hydrogens (tertiary/aromatic N) is 4. The van der Waals surface area contributed by atoms with E-state index in [1.165, 1.54) is 18.2 Å². The molecule has 2 saturated heterocycles. The summed E-state index contributed by atoms with van der Waals surface area (Å²) in [6.45, 7) is 7.01. The molecule has 0 spiro atoms. The molecular formula is C20H26N4O3S. The maximum Gasteiger partial charge on any atom is 0.256 e. The van der Waals surface area contributed by atoms with Crippen LogP contribution < -0.4 is 0 Å². The van der Waals surface area contributed by atoms with Gasteiger partial charge in [-0.05, 0) is 31.9 Å². The van der Waals surface area contributed by atoms with Crippen molar-refractivity contribution in [2.45, 2.75) is 36.6 Å². The minimum atomic E-state index is 0.0590. The molecule has 2 aliphatic rings. The molecule has 4 heterocycles. The minimum Gasteiger partial charge on any atom is -0.377 e. The van der Waals surface area contributed by atoms with Crippen LogP contribution in [0, 0.1) is 6.92 Å². The summed E-state index contributed by atoms with van der Waals surface area (Å²) in [6, 6.07) is 5.60. The van der Waals surface area contributed by atoms with E-state index in [2.05, 4.69) is 15.0 Å². The molecule has 2 aromatic rings. The molecule has 2 aliphatic heterocycles. The van der Waals surface area contributed by atoms with Crippen LogP contribution in [0.2, 0.25) is 0 Å². The Bertz CT molecular complexity index is 798. The zero-order chi connectivity index (χ0) is 19.3. The first kappa shape index (κ1) is 19.4. The smallest absolute Gasteiger partial charge is 0.256 e. The van der Waals surface area contributed by atoms with Crippen LogP contribution in [0.1, 0.15) is 34.7 Å². The van der Waals surface area contributed by atoms with Gasteiger partial charge >= 0.3 is 0 Å². The monoisotopic (exact) mass is 402 g/mol. The largest absolute Gasteiger partial charge is 0.377 e. The molecule has 1 atom stereocenters. The van der Waals surface area contributed by atoms with E-state index >= 15 is 0 Å². The third-order valence-corrected chi connectivity index (χ3v) is 6.22. The number of aryl methyl sites for hydroxylation is 1. The average Bonchev–Trinajstić information content (AvgIpc) is 3.38. The topological polar surface area (TPSA) is 71.7 Å². The normalized spacial score (nSPS) is 20.6. The van der Waals surface area contributed by atoms with Crippen LogP contribution in [0.15, 0.2) is 33.9 Å². The summed E-state index contributed by atoms with van der Waals surface area (Å²) in [5.41, 5.74) is 1.52. The Labute approximate surface area is 169 Å². The Morgan fingerprint density at radius 3 is 2.89 bits per heavy atom. The Morgan fingerprint density at radius 2 is 2.18 bits per heavy atom. The Hall–Kier alpha value is -1.90. The second-order valence-electron chi connectivity index (χ2n) is 7.30. The standard InChI is InChI=1S/C20H26N4O3S/c1-15-12-16(22-27-15)14-28-19-18(5-2-6-21-19)20(25)24-9-7-23(8-10-24)13-17-4-3-11-26-17/h2,5-6,12,17H,3-4,7-11,13-14H2,1H3. The summed E-state index contributed by atoms with van der Waals surface area (Å²) < 4.78 is 10.8. The predicted octanol–water partition coefficient (Wildman–Crippen LogP) is 2.61. The number of amides is 1. The number of piperazine rings is 1. The fourth-order valence-electron chi connectivity index (χ4n) is 3.68. The maximum absolute atomic E-state index is 13.1. The van der Waals surface area contributed by atoms with Gasteiger partial charge in [-0.2, -0.15) is 0 Å². The lowest BCUT2D eigenvalue weighted by Gasteiger charge is -2.35. The number of carbonyl (C=O) groups is 1. The van der Waals surface area contributed by atoms with E-state index in [-0.39, 0.29) is 5.91 Å². The van der Waals surface area contributed by atoms with Crippen LogP contribution in [0.4, 0.5) is 0 Å². The van der Waals surface area contributed by atoms with Crippen LogP contribution in [-0.2, 0) is 10.5 Å².